The second kappa shape index (κ2) is 6.37. The quantitative estimate of drug-likeness (QED) is 0.914. The van der Waals surface area contributed by atoms with Crippen LogP contribution in [0.4, 0.5) is 4.39 Å². The summed E-state index contributed by atoms with van der Waals surface area (Å²) in [6.45, 7) is 7.31. The van der Waals surface area contributed by atoms with E-state index < -0.39 is 0 Å². The molecule has 0 spiro atoms. The fraction of sp³-hybridized carbons (Fsp3) is 0.400. The highest BCUT2D eigenvalue weighted by Gasteiger charge is 2.08. The van der Waals surface area contributed by atoms with E-state index in [2.05, 4.69) is 24.3 Å². The number of halogens is 2. The molecule has 20 heavy (non-hydrogen) atoms. The highest BCUT2D eigenvalue weighted by molar-refractivity contribution is 6.30. The molecule has 0 saturated carbocycles. The summed E-state index contributed by atoms with van der Waals surface area (Å²) < 4.78 is 15.5. The van der Waals surface area contributed by atoms with Gasteiger partial charge < -0.3 is 5.32 Å². The molecule has 0 unspecified atom stereocenters. The summed E-state index contributed by atoms with van der Waals surface area (Å²) in [5, 5.41) is 8.31. The zero-order valence-electron chi connectivity index (χ0n) is 12.0. The van der Waals surface area contributed by atoms with E-state index in [1.807, 2.05) is 13.1 Å². The summed E-state index contributed by atoms with van der Waals surface area (Å²) in [6.07, 6.45) is 1.95. The molecule has 0 atom stereocenters. The number of rotatable bonds is 5. The van der Waals surface area contributed by atoms with E-state index >= 15 is 0 Å². The Hall–Kier alpha value is -1.39. The molecule has 108 valence electrons. The minimum atomic E-state index is -0.260. The number of aryl methyl sites for hydroxylation is 1. The first-order valence-electron chi connectivity index (χ1n) is 6.66. The molecule has 0 bridgehead atoms. The van der Waals surface area contributed by atoms with Crippen molar-refractivity contribution in [3.8, 4) is 0 Å². The van der Waals surface area contributed by atoms with Crippen LogP contribution in [0.25, 0.3) is 0 Å². The zero-order chi connectivity index (χ0) is 14.7. The van der Waals surface area contributed by atoms with E-state index in [-0.39, 0.29) is 5.82 Å². The molecule has 0 aliphatic rings. The van der Waals surface area contributed by atoms with Crippen molar-refractivity contribution in [1.82, 2.24) is 15.1 Å². The maximum absolute atomic E-state index is 13.7. The third kappa shape index (κ3) is 3.81. The molecule has 0 amide bonds. The van der Waals surface area contributed by atoms with Crippen molar-refractivity contribution < 1.29 is 4.39 Å². The summed E-state index contributed by atoms with van der Waals surface area (Å²) in [5.41, 5.74) is 2.63. The number of hydrogen-bond donors (Lipinski definition) is 1. The Kier molecular flexibility index (Phi) is 4.78. The third-order valence-corrected chi connectivity index (χ3v) is 3.32. The molecule has 1 aromatic carbocycles. The van der Waals surface area contributed by atoms with Gasteiger partial charge in [0.1, 0.15) is 5.82 Å². The molecule has 0 aliphatic heterocycles. The smallest absolute Gasteiger partial charge is 0.128 e. The predicted octanol–water partition coefficient (Wildman–Crippen LogP) is 3.53. The number of aromatic nitrogens is 2. The summed E-state index contributed by atoms with van der Waals surface area (Å²) in [4.78, 5) is 0. The molecule has 0 fully saturated rings. The molecule has 2 aromatic rings. The van der Waals surface area contributed by atoms with Crippen LogP contribution in [0.15, 0.2) is 24.4 Å². The Bertz CT molecular complexity index is 593. The van der Waals surface area contributed by atoms with Gasteiger partial charge in [0.2, 0.25) is 0 Å². The van der Waals surface area contributed by atoms with Crippen molar-refractivity contribution in [2.24, 2.45) is 0 Å². The molecule has 0 saturated heterocycles. The minimum absolute atomic E-state index is 0.260. The SMILES string of the molecule is Cc1nn(Cc2cc(Cl)ccc2F)cc1CNC(C)C. The second-order valence-corrected chi connectivity index (χ2v) is 5.65. The van der Waals surface area contributed by atoms with Gasteiger partial charge in [-0.25, -0.2) is 4.39 Å². The first kappa shape index (κ1) is 15.0. The Morgan fingerprint density at radius 2 is 2.10 bits per heavy atom. The zero-order valence-corrected chi connectivity index (χ0v) is 12.7. The fourth-order valence-electron chi connectivity index (χ4n) is 1.97. The van der Waals surface area contributed by atoms with Crippen LogP contribution in [-0.4, -0.2) is 15.8 Å². The normalized spacial score (nSPS) is 11.3. The molecular weight excluding hydrogens is 277 g/mol. The molecular formula is C15H19ClFN3. The highest BCUT2D eigenvalue weighted by Crippen LogP contribution is 2.16. The van der Waals surface area contributed by atoms with Crippen molar-refractivity contribution in [2.75, 3.05) is 0 Å². The van der Waals surface area contributed by atoms with Gasteiger partial charge in [0.05, 0.1) is 12.2 Å². The Labute approximate surface area is 123 Å². The van der Waals surface area contributed by atoms with E-state index in [1.54, 1.807) is 16.8 Å². The number of nitrogens with zero attached hydrogens (tertiary/aromatic N) is 2. The van der Waals surface area contributed by atoms with E-state index in [9.17, 15) is 4.39 Å². The summed E-state index contributed by atoms with van der Waals surface area (Å²) in [5.74, 6) is -0.260. The minimum Gasteiger partial charge on any atom is -0.310 e. The van der Waals surface area contributed by atoms with Crippen molar-refractivity contribution in [2.45, 2.75) is 39.9 Å². The average molecular weight is 296 g/mol. The standard InChI is InChI=1S/C15H19ClFN3/c1-10(2)18-7-13-9-20(19-11(13)3)8-12-6-14(16)4-5-15(12)17/h4-6,9-10,18H,7-8H2,1-3H3. The first-order chi connectivity index (χ1) is 9.45. The number of hydrogen-bond acceptors (Lipinski definition) is 2. The van der Waals surface area contributed by atoms with Gasteiger partial charge in [-0.3, -0.25) is 4.68 Å². The lowest BCUT2D eigenvalue weighted by molar-refractivity contribution is 0.581. The van der Waals surface area contributed by atoms with E-state index in [0.29, 0.717) is 23.2 Å². The first-order valence-corrected chi connectivity index (χ1v) is 7.03. The lowest BCUT2D eigenvalue weighted by Crippen LogP contribution is -2.21. The average Bonchev–Trinajstić information content (AvgIpc) is 2.72. The number of nitrogens with one attached hydrogen (secondary N) is 1. The molecule has 0 aliphatic carbocycles. The van der Waals surface area contributed by atoms with Crippen LogP contribution in [0.2, 0.25) is 5.02 Å². The van der Waals surface area contributed by atoms with Crippen LogP contribution in [0.1, 0.15) is 30.7 Å². The van der Waals surface area contributed by atoms with E-state index in [1.165, 1.54) is 6.07 Å². The third-order valence-electron chi connectivity index (χ3n) is 3.09. The topological polar surface area (TPSA) is 29.9 Å². The van der Waals surface area contributed by atoms with Gasteiger partial charge in [-0.1, -0.05) is 25.4 Å². The lowest BCUT2D eigenvalue weighted by atomic mass is 10.2. The van der Waals surface area contributed by atoms with Gasteiger partial charge in [0.15, 0.2) is 0 Å². The molecule has 1 heterocycles. The van der Waals surface area contributed by atoms with Crippen LogP contribution in [0.5, 0.6) is 0 Å². The van der Waals surface area contributed by atoms with Gasteiger partial charge in [-0.05, 0) is 25.1 Å². The molecule has 1 aromatic heterocycles. The largest absolute Gasteiger partial charge is 0.310 e. The molecule has 1 N–H and O–H groups in total. The van der Waals surface area contributed by atoms with Crippen molar-refractivity contribution >= 4 is 11.6 Å². The van der Waals surface area contributed by atoms with Crippen molar-refractivity contribution in [1.29, 1.82) is 0 Å². The number of benzene rings is 1. The Balaban J connectivity index is 2.14. The predicted molar refractivity (Wildman–Crippen MR) is 79.5 cm³/mol. The van der Waals surface area contributed by atoms with Crippen LogP contribution in [0, 0.1) is 12.7 Å². The summed E-state index contributed by atoms with van der Waals surface area (Å²) in [7, 11) is 0. The van der Waals surface area contributed by atoms with E-state index in [0.717, 1.165) is 17.8 Å². The molecule has 5 heteroatoms. The van der Waals surface area contributed by atoms with Gasteiger partial charge in [-0.2, -0.15) is 5.10 Å². The van der Waals surface area contributed by atoms with E-state index in [4.69, 9.17) is 11.6 Å². The van der Waals surface area contributed by atoms with Crippen LogP contribution in [0.3, 0.4) is 0 Å². The van der Waals surface area contributed by atoms with Crippen molar-refractivity contribution in [3.05, 3.63) is 52.1 Å². The fourth-order valence-corrected chi connectivity index (χ4v) is 2.16. The Morgan fingerprint density at radius 3 is 2.80 bits per heavy atom. The monoisotopic (exact) mass is 295 g/mol. The summed E-state index contributed by atoms with van der Waals surface area (Å²) >= 11 is 5.90. The van der Waals surface area contributed by atoms with Crippen LogP contribution < -0.4 is 5.32 Å². The second-order valence-electron chi connectivity index (χ2n) is 5.21. The summed E-state index contributed by atoms with van der Waals surface area (Å²) in [6, 6.07) is 4.99. The molecule has 3 nitrogen and oxygen atoms in total. The van der Waals surface area contributed by atoms with Gasteiger partial charge >= 0.3 is 0 Å². The molecule has 2 rings (SSSR count). The lowest BCUT2D eigenvalue weighted by Gasteiger charge is -2.06. The van der Waals surface area contributed by atoms with Crippen LogP contribution in [-0.2, 0) is 13.1 Å². The molecule has 0 radical (unpaired) electrons. The van der Waals surface area contributed by atoms with Gasteiger partial charge in [-0.15, -0.1) is 0 Å². The van der Waals surface area contributed by atoms with Crippen molar-refractivity contribution in [3.63, 3.8) is 0 Å². The maximum Gasteiger partial charge on any atom is 0.128 e. The highest BCUT2D eigenvalue weighted by atomic mass is 35.5. The maximum atomic E-state index is 13.7. The Morgan fingerprint density at radius 1 is 1.35 bits per heavy atom. The van der Waals surface area contributed by atoms with Crippen LogP contribution >= 0.6 is 11.6 Å². The van der Waals surface area contributed by atoms with Gasteiger partial charge in [0.25, 0.3) is 0 Å². The van der Waals surface area contributed by atoms with Gasteiger partial charge in [0, 0.05) is 34.9 Å².